The molecule has 116 valence electrons. The zero-order valence-corrected chi connectivity index (χ0v) is 12.4. The van der Waals surface area contributed by atoms with E-state index in [1.165, 1.54) is 10.5 Å². The summed E-state index contributed by atoms with van der Waals surface area (Å²) in [5.41, 5.74) is 2.13. The maximum Gasteiger partial charge on any atom is 0.411 e. The van der Waals surface area contributed by atoms with Crippen LogP contribution in [0.15, 0.2) is 24.3 Å². The number of imide groups is 1. The molecule has 3 amide bonds. The van der Waals surface area contributed by atoms with Crippen molar-refractivity contribution in [2.24, 2.45) is 0 Å². The second kappa shape index (κ2) is 5.79. The fourth-order valence-electron chi connectivity index (χ4n) is 2.86. The van der Waals surface area contributed by atoms with Crippen molar-refractivity contribution in [3.05, 3.63) is 35.4 Å². The predicted octanol–water partition coefficient (Wildman–Crippen LogP) is 1.55. The van der Waals surface area contributed by atoms with Crippen molar-refractivity contribution in [1.82, 2.24) is 10.2 Å². The first kappa shape index (κ1) is 14.6. The zero-order chi connectivity index (χ0) is 15.7. The summed E-state index contributed by atoms with van der Waals surface area (Å²) in [5, 5.41) is 2.27. The van der Waals surface area contributed by atoms with Gasteiger partial charge in [-0.1, -0.05) is 31.2 Å². The first-order valence-corrected chi connectivity index (χ1v) is 7.48. The molecule has 2 fully saturated rings. The molecule has 6 nitrogen and oxygen atoms in total. The molecule has 2 heterocycles. The van der Waals surface area contributed by atoms with Crippen molar-refractivity contribution < 1.29 is 19.1 Å². The Morgan fingerprint density at radius 2 is 1.95 bits per heavy atom. The van der Waals surface area contributed by atoms with Crippen LogP contribution in [0.1, 0.15) is 37.0 Å². The van der Waals surface area contributed by atoms with Gasteiger partial charge in [0.05, 0.1) is 6.54 Å². The number of hydrogen-bond acceptors (Lipinski definition) is 4. The van der Waals surface area contributed by atoms with Crippen LogP contribution in [0.2, 0.25) is 0 Å². The minimum absolute atomic E-state index is 0.246. The van der Waals surface area contributed by atoms with Crippen LogP contribution in [-0.4, -0.2) is 35.4 Å². The van der Waals surface area contributed by atoms with Gasteiger partial charge in [-0.15, -0.1) is 0 Å². The maximum atomic E-state index is 12.0. The Labute approximate surface area is 128 Å². The Morgan fingerprint density at radius 3 is 2.59 bits per heavy atom. The number of cyclic esters (lactones) is 1. The van der Waals surface area contributed by atoms with Gasteiger partial charge in [0.2, 0.25) is 11.8 Å². The zero-order valence-electron chi connectivity index (χ0n) is 12.4. The molecule has 1 N–H and O–H groups in total. The topological polar surface area (TPSA) is 75.7 Å². The van der Waals surface area contributed by atoms with E-state index in [9.17, 15) is 14.4 Å². The van der Waals surface area contributed by atoms with Gasteiger partial charge in [-0.2, -0.15) is 0 Å². The van der Waals surface area contributed by atoms with Crippen molar-refractivity contribution in [3.8, 4) is 0 Å². The SMILES string of the molecule is CCc1ccc([C@@H]2CN(C3CCC(=O)NC3=O)C(=O)O2)cc1. The Bertz CT molecular complexity index is 611. The number of aryl methyl sites for hydroxylation is 1. The predicted molar refractivity (Wildman–Crippen MR) is 77.9 cm³/mol. The number of amides is 3. The normalized spacial score (nSPS) is 25.1. The summed E-state index contributed by atoms with van der Waals surface area (Å²) in [6.07, 6.45) is 0.674. The molecule has 0 radical (unpaired) electrons. The van der Waals surface area contributed by atoms with Gasteiger partial charge in [-0.25, -0.2) is 4.79 Å². The van der Waals surface area contributed by atoms with Crippen molar-refractivity contribution >= 4 is 17.9 Å². The molecule has 1 aromatic carbocycles. The van der Waals surface area contributed by atoms with Gasteiger partial charge in [0.25, 0.3) is 0 Å². The molecule has 6 heteroatoms. The molecule has 22 heavy (non-hydrogen) atoms. The lowest BCUT2D eigenvalue weighted by Crippen LogP contribution is -2.52. The minimum Gasteiger partial charge on any atom is -0.439 e. The van der Waals surface area contributed by atoms with E-state index in [0.29, 0.717) is 13.0 Å². The summed E-state index contributed by atoms with van der Waals surface area (Å²) in [6.45, 7) is 2.41. The number of ether oxygens (including phenoxy) is 1. The van der Waals surface area contributed by atoms with Crippen LogP contribution < -0.4 is 5.32 Å². The first-order chi connectivity index (χ1) is 10.6. The van der Waals surface area contributed by atoms with E-state index in [4.69, 9.17) is 4.74 Å². The van der Waals surface area contributed by atoms with E-state index >= 15 is 0 Å². The molecule has 2 aliphatic heterocycles. The number of nitrogens with zero attached hydrogens (tertiary/aromatic N) is 1. The standard InChI is InChI=1S/C16H18N2O4/c1-2-10-3-5-11(6-4-10)13-9-18(16(21)22-13)12-7-8-14(19)17-15(12)20/h3-6,12-13H,2,7-9H2,1H3,(H,17,19,20)/t12?,13-/m0/s1. The van der Waals surface area contributed by atoms with Gasteiger partial charge in [-0.05, 0) is 24.0 Å². The van der Waals surface area contributed by atoms with Crippen LogP contribution in [-0.2, 0) is 20.7 Å². The quantitative estimate of drug-likeness (QED) is 0.860. The Balaban J connectivity index is 1.72. The lowest BCUT2D eigenvalue weighted by molar-refractivity contribution is -0.136. The Morgan fingerprint density at radius 1 is 1.23 bits per heavy atom. The van der Waals surface area contributed by atoms with Gasteiger partial charge < -0.3 is 4.74 Å². The van der Waals surface area contributed by atoms with Crippen molar-refractivity contribution in [2.75, 3.05) is 6.54 Å². The average Bonchev–Trinajstić information content (AvgIpc) is 2.89. The van der Waals surface area contributed by atoms with Crippen LogP contribution >= 0.6 is 0 Å². The summed E-state index contributed by atoms with van der Waals surface area (Å²) in [6, 6.07) is 7.30. The van der Waals surface area contributed by atoms with Gasteiger partial charge in [0.15, 0.2) is 0 Å². The van der Waals surface area contributed by atoms with E-state index in [0.717, 1.165) is 12.0 Å². The summed E-state index contributed by atoms with van der Waals surface area (Å²) in [5.74, 6) is -0.712. The third-order valence-corrected chi connectivity index (χ3v) is 4.19. The van der Waals surface area contributed by atoms with E-state index in [-0.39, 0.29) is 18.4 Å². The average molecular weight is 302 g/mol. The van der Waals surface area contributed by atoms with Crippen LogP contribution in [0.25, 0.3) is 0 Å². The summed E-state index contributed by atoms with van der Waals surface area (Å²) in [4.78, 5) is 36.5. The summed E-state index contributed by atoms with van der Waals surface area (Å²) >= 11 is 0. The van der Waals surface area contributed by atoms with Gasteiger partial charge in [0, 0.05) is 6.42 Å². The molecular weight excluding hydrogens is 284 g/mol. The number of piperidine rings is 1. The minimum atomic E-state index is -0.620. The fraction of sp³-hybridized carbons (Fsp3) is 0.438. The molecule has 1 unspecified atom stereocenters. The maximum absolute atomic E-state index is 12.0. The fourth-order valence-corrected chi connectivity index (χ4v) is 2.86. The number of carbonyl (C=O) groups excluding carboxylic acids is 3. The van der Waals surface area contributed by atoms with Gasteiger partial charge >= 0.3 is 6.09 Å². The van der Waals surface area contributed by atoms with Gasteiger partial charge in [-0.3, -0.25) is 19.8 Å². The third kappa shape index (κ3) is 2.68. The summed E-state index contributed by atoms with van der Waals surface area (Å²) in [7, 11) is 0. The molecule has 0 aliphatic carbocycles. The van der Waals surface area contributed by atoms with Crippen molar-refractivity contribution in [3.63, 3.8) is 0 Å². The van der Waals surface area contributed by atoms with Crippen molar-refractivity contribution in [1.29, 1.82) is 0 Å². The highest BCUT2D eigenvalue weighted by atomic mass is 16.6. The van der Waals surface area contributed by atoms with Gasteiger partial charge in [0.1, 0.15) is 12.1 Å². The second-order valence-corrected chi connectivity index (χ2v) is 5.59. The number of benzene rings is 1. The van der Waals surface area contributed by atoms with E-state index in [1.807, 2.05) is 24.3 Å². The molecule has 3 rings (SSSR count). The Kier molecular flexibility index (Phi) is 3.83. The lowest BCUT2D eigenvalue weighted by atomic mass is 10.0. The monoisotopic (exact) mass is 302 g/mol. The molecular formula is C16H18N2O4. The van der Waals surface area contributed by atoms with Crippen LogP contribution in [0.4, 0.5) is 4.79 Å². The van der Waals surface area contributed by atoms with E-state index in [2.05, 4.69) is 12.2 Å². The smallest absolute Gasteiger partial charge is 0.411 e. The highest BCUT2D eigenvalue weighted by molar-refractivity contribution is 6.01. The molecule has 2 atom stereocenters. The molecule has 0 aromatic heterocycles. The number of carbonyl (C=O) groups is 3. The molecule has 2 saturated heterocycles. The van der Waals surface area contributed by atoms with E-state index < -0.39 is 18.0 Å². The number of nitrogens with one attached hydrogen (secondary N) is 1. The lowest BCUT2D eigenvalue weighted by Gasteiger charge is -2.27. The van der Waals surface area contributed by atoms with Crippen LogP contribution in [0.3, 0.4) is 0 Å². The number of hydrogen-bond donors (Lipinski definition) is 1. The molecule has 2 aliphatic rings. The molecule has 0 spiro atoms. The molecule has 1 aromatic rings. The van der Waals surface area contributed by atoms with Crippen LogP contribution in [0.5, 0.6) is 0 Å². The largest absolute Gasteiger partial charge is 0.439 e. The van der Waals surface area contributed by atoms with Crippen LogP contribution in [0, 0.1) is 0 Å². The number of rotatable bonds is 3. The highest BCUT2D eigenvalue weighted by Gasteiger charge is 2.41. The molecule has 0 bridgehead atoms. The third-order valence-electron chi connectivity index (χ3n) is 4.19. The Hall–Kier alpha value is -2.37. The first-order valence-electron chi connectivity index (χ1n) is 7.48. The highest BCUT2D eigenvalue weighted by Crippen LogP contribution is 2.29. The van der Waals surface area contributed by atoms with E-state index in [1.54, 1.807) is 0 Å². The van der Waals surface area contributed by atoms with Crippen molar-refractivity contribution in [2.45, 2.75) is 38.3 Å². The molecule has 0 saturated carbocycles. The summed E-state index contributed by atoms with van der Waals surface area (Å²) < 4.78 is 5.38. The second-order valence-electron chi connectivity index (χ2n) is 5.59.